The van der Waals surface area contributed by atoms with Crippen molar-refractivity contribution in [2.75, 3.05) is 6.54 Å². The van der Waals surface area contributed by atoms with Crippen molar-refractivity contribution in [3.05, 3.63) is 28.5 Å². The van der Waals surface area contributed by atoms with Gasteiger partial charge >= 0.3 is 0 Å². The first-order chi connectivity index (χ1) is 9.70. The van der Waals surface area contributed by atoms with Crippen LogP contribution in [0.5, 0.6) is 0 Å². The maximum absolute atomic E-state index is 12.1. The van der Waals surface area contributed by atoms with E-state index in [1.54, 1.807) is 12.1 Å². The number of unbranched alkanes of at least 4 members (excludes halogenated alkanes) is 1. The van der Waals surface area contributed by atoms with Crippen molar-refractivity contribution in [1.29, 1.82) is 0 Å². The number of amides is 2. The van der Waals surface area contributed by atoms with Crippen molar-refractivity contribution < 1.29 is 9.59 Å². The number of hydrogen-bond donors (Lipinski definition) is 2. The smallest absolute Gasteiger partial charge is 0.251 e. The van der Waals surface area contributed by atoms with Crippen LogP contribution in [0, 0.1) is 0 Å². The predicted octanol–water partition coefficient (Wildman–Crippen LogP) is 2.42. The van der Waals surface area contributed by atoms with E-state index < -0.39 is 0 Å². The van der Waals surface area contributed by atoms with E-state index in [9.17, 15) is 9.59 Å². The Hall–Kier alpha value is -1.62. The van der Waals surface area contributed by atoms with Crippen LogP contribution < -0.4 is 11.1 Å². The number of nitrogens with two attached hydrogens (primary N) is 1. The quantitative estimate of drug-likeness (QED) is 0.625. The molecule has 0 spiro atoms. The van der Waals surface area contributed by atoms with Gasteiger partial charge in [0, 0.05) is 29.6 Å². The van der Waals surface area contributed by atoms with Crippen LogP contribution in [0.15, 0.2) is 12.1 Å². The van der Waals surface area contributed by atoms with E-state index in [1.165, 1.54) is 0 Å². The summed E-state index contributed by atoms with van der Waals surface area (Å²) in [6.45, 7) is 6.53. The number of halogens is 1. The summed E-state index contributed by atoms with van der Waals surface area (Å²) in [5, 5.41) is 3.11. The lowest BCUT2D eigenvalue weighted by Gasteiger charge is -2.18. The molecule has 0 aliphatic heterocycles. The van der Waals surface area contributed by atoms with Gasteiger partial charge in [0.15, 0.2) is 0 Å². The summed E-state index contributed by atoms with van der Waals surface area (Å²) < 4.78 is 0. The SMILES string of the molecule is CC(C)(C)c1cc(C(=O)NCCCCC(N)=O)cc(Cl)n1. The Balaban J connectivity index is 2.62. The van der Waals surface area contributed by atoms with Crippen molar-refractivity contribution in [2.45, 2.75) is 45.4 Å². The van der Waals surface area contributed by atoms with E-state index in [-0.39, 0.29) is 17.2 Å². The topological polar surface area (TPSA) is 85.1 Å². The zero-order valence-electron chi connectivity index (χ0n) is 12.7. The van der Waals surface area contributed by atoms with Gasteiger partial charge in [-0.3, -0.25) is 9.59 Å². The summed E-state index contributed by atoms with van der Waals surface area (Å²) in [5.74, 6) is -0.513. The molecule has 1 aromatic heterocycles. The normalized spacial score (nSPS) is 11.2. The third kappa shape index (κ3) is 6.12. The van der Waals surface area contributed by atoms with Crippen LogP contribution in [0.3, 0.4) is 0 Å². The molecule has 0 saturated heterocycles. The molecule has 1 aromatic rings. The Bertz CT molecular complexity index is 524. The highest BCUT2D eigenvalue weighted by Gasteiger charge is 2.18. The summed E-state index contributed by atoms with van der Waals surface area (Å²) in [6.07, 6.45) is 1.71. The molecule has 3 N–H and O–H groups in total. The van der Waals surface area contributed by atoms with Crippen LogP contribution in [-0.4, -0.2) is 23.3 Å². The van der Waals surface area contributed by atoms with E-state index in [0.29, 0.717) is 36.5 Å². The van der Waals surface area contributed by atoms with E-state index in [0.717, 1.165) is 5.69 Å². The third-order valence-electron chi connectivity index (χ3n) is 2.96. The van der Waals surface area contributed by atoms with Gasteiger partial charge in [0.05, 0.1) is 0 Å². The first kappa shape index (κ1) is 17.4. The second-order valence-electron chi connectivity index (χ2n) is 5.99. The fourth-order valence-corrected chi connectivity index (χ4v) is 1.95. The molecule has 0 bridgehead atoms. The molecule has 0 aliphatic carbocycles. The monoisotopic (exact) mass is 311 g/mol. The van der Waals surface area contributed by atoms with Gasteiger partial charge in [-0.1, -0.05) is 32.4 Å². The van der Waals surface area contributed by atoms with Gasteiger partial charge in [-0.15, -0.1) is 0 Å². The highest BCUT2D eigenvalue weighted by atomic mass is 35.5. The van der Waals surface area contributed by atoms with Gasteiger partial charge in [-0.05, 0) is 25.0 Å². The number of aromatic nitrogens is 1. The number of nitrogens with one attached hydrogen (secondary N) is 1. The first-order valence-corrected chi connectivity index (χ1v) is 7.32. The fraction of sp³-hybridized carbons (Fsp3) is 0.533. The van der Waals surface area contributed by atoms with Gasteiger partial charge in [0.2, 0.25) is 5.91 Å². The summed E-state index contributed by atoms with van der Waals surface area (Å²) in [5.41, 5.74) is 6.14. The molecule has 2 amide bonds. The fourth-order valence-electron chi connectivity index (χ4n) is 1.74. The van der Waals surface area contributed by atoms with Gasteiger partial charge in [-0.2, -0.15) is 0 Å². The first-order valence-electron chi connectivity index (χ1n) is 6.94. The number of carbonyl (C=O) groups excluding carboxylic acids is 2. The molecule has 0 fully saturated rings. The maximum atomic E-state index is 12.1. The number of primary amides is 1. The molecule has 116 valence electrons. The average Bonchev–Trinajstić information content (AvgIpc) is 2.36. The molecular formula is C15H22ClN3O2. The molecule has 0 saturated carbocycles. The second kappa shape index (κ2) is 7.41. The maximum Gasteiger partial charge on any atom is 0.251 e. The molecule has 5 nitrogen and oxygen atoms in total. The largest absolute Gasteiger partial charge is 0.370 e. The summed E-state index contributed by atoms with van der Waals surface area (Å²) in [4.78, 5) is 26.9. The molecule has 1 rings (SSSR count). The van der Waals surface area contributed by atoms with Crippen molar-refractivity contribution in [3.63, 3.8) is 0 Å². The molecule has 0 unspecified atom stereocenters. The Morgan fingerprint density at radius 2 is 1.95 bits per heavy atom. The van der Waals surface area contributed by atoms with Crippen molar-refractivity contribution in [1.82, 2.24) is 10.3 Å². The number of hydrogen-bond acceptors (Lipinski definition) is 3. The van der Waals surface area contributed by atoms with Crippen LogP contribution in [0.4, 0.5) is 0 Å². The zero-order chi connectivity index (χ0) is 16.0. The van der Waals surface area contributed by atoms with Gasteiger partial charge in [0.25, 0.3) is 5.91 Å². The van der Waals surface area contributed by atoms with E-state index in [1.807, 2.05) is 20.8 Å². The number of pyridine rings is 1. The average molecular weight is 312 g/mol. The van der Waals surface area contributed by atoms with Crippen molar-refractivity contribution >= 4 is 23.4 Å². The standard InChI is InChI=1S/C15H22ClN3O2/c1-15(2,3)11-8-10(9-12(16)19-11)14(21)18-7-5-4-6-13(17)20/h8-9H,4-7H2,1-3H3,(H2,17,20)(H,18,21). The molecule has 0 aliphatic rings. The van der Waals surface area contributed by atoms with Crippen molar-refractivity contribution in [2.24, 2.45) is 5.73 Å². The van der Waals surface area contributed by atoms with E-state index in [4.69, 9.17) is 17.3 Å². The Labute approximate surface area is 130 Å². The van der Waals surface area contributed by atoms with Gasteiger partial charge < -0.3 is 11.1 Å². The van der Waals surface area contributed by atoms with E-state index >= 15 is 0 Å². The minimum Gasteiger partial charge on any atom is -0.370 e. The number of carbonyl (C=O) groups is 2. The van der Waals surface area contributed by atoms with Crippen LogP contribution in [0.2, 0.25) is 5.15 Å². The minimum absolute atomic E-state index is 0.179. The molecule has 1 heterocycles. The van der Waals surface area contributed by atoms with Crippen LogP contribution >= 0.6 is 11.6 Å². The van der Waals surface area contributed by atoms with Gasteiger partial charge in [-0.25, -0.2) is 4.98 Å². The molecule has 21 heavy (non-hydrogen) atoms. The summed E-state index contributed by atoms with van der Waals surface area (Å²) in [6, 6.07) is 3.31. The number of rotatable bonds is 6. The highest BCUT2D eigenvalue weighted by Crippen LogP contribution is 2.23. The molecule has 0 aromatic carbocycles. The number of nitrogens with zero attached hydrogens (tertiary/aromatic N) is 1. The Kier molecular flexibility index (Phi) is 6.15. The lowest BCUT2D eigenvalue weighted by Crippen LogP contribution is -2.25. The van der Waals surface area contributed by atoms with Crippen LogP contribution in [0.1, 0.15) is 56.1 Å². The third-order valence-corrected chi connectivity index (χ3v) is 3.15. The Morgan fingerprint density at radius 1 is 1.29 bits per heavy atom. The Morgan fingerprint density at radius 3 is 2.52 bits per heavy atom. The molecule has 0 atom stereocenters. The highest BCUT2D eigenvalue weighted by molar-refractivity contribution is 6.29. The lowest BCUT2D eigenvalue weighted by atomic mass is 9.91. The predicted molar refractivity (Wildman–Crippen MR) is 83.3 cm³/mol. The lowest BCUT2D eigenvalue weighted by molar-refractivity contribution is -0.118. The summed E-state index contributed by atoms with van der Waals surface area (Å²) in [7, 11) is 0. The minimum atomic E-state index is -0.322. The van der Waals surface area contributed by atoms with Crippen LogP contribution in [0.25, 0.3) is 0 Å². The zero-order valence-corrected chi connectivity index (χ0v) is 13.5. The molecule has 0 radical (unpaired) electrons. The van der Waals surface area contributed by atoms with Gasteiger partial charge in [0.1, 0.15) is 5.15 Å². The van der Waals surface area contributed by atoms with Crippen molar-refractivity contribution in [3.8, 4) is 0 Å². The summed E-state index contributed by atoms with van der Waals surface area (Å²) >= 11 is 5.98. The second-order valence-corrected chi connectivity index (χ2v) is 6.38. The molecule has 6 heteroatoms. The van der Waals surface area contributed by atoms with Crippen LogP contribution in [-0.2, 0) is 10.2 Å². The van der Waals surface area contributed by atoms with E-state index in [2.05, 4.69) is 10.3 Å². The molecular weight excluding hydrogens is 290 g/mol.